The summed E-state index contributed by atoms with van der Waals surface area (Å²) in [6, 6.07) is 8.68. The van der Waals surface area contributed by atoms with E-state index in [9.17, 15) is 4.79 Å². The fraction of sp³-hybridized carbons (Fsp3) is 0.636. The lowest BCUT2D eigenvalue weighted by Gasteiger charge is -2.15. The van der Waals surface area contributed by atoms with Crippen LogP contribution in [0.25, 0.3) is 0 Å². The molecule has 1 heterocycles. The third-order valence-electron chi connectivity index (χ3n) is 4.92. The highest BCUT2D eigenvalue weighted by Crippen LogP contribution is 2.13. The zero-order valence-corrected chi connectivity index (χ0v) is 21.0. The first-order valence-corrected chi connectivity index (χ1v) is 10.7. The van der Waals surface area contributed by atoms with Crippen molar-refractivity contribution in [1.82, 2.24) is 20.4 Å². The van der Waals surface area contributed by atoms with Gasteiger partial charge in [0, 0.05) is 40.4 Å². The van der Waals surface area contributed by atoms with Crippen molar-refractivity contribution in [2.24, 2.45) is 4.99 Å². The van der Waals surface area contributed by atoms with Crippen molar-refractivity contribution in [1.29, 1.82) is 0 Å². The number of hydrogen-bond donors (Lipinski definition) is 2. The summed E-state index contributed by atoms with van der Waals surface area (Å²) < 4.78 is 5.37. The van der Waals surface area contributed by atoms with Crippen molar-refractivity contribution in [2.45, 2.75) is 39.3 Å². The molecule has 1 aliphatic heterocycles. The van der Waals surface area contributed by atoms with Gasteiger partial charge in [0.15, 0.2) is 5.96 Å². The first kappa shape index (κ1) is 26.6. The van der Waals surface area contributed by atoms with Gasteiger partial charge >= 0.3 is 0 Å². The second kappa shape index (κ2) is 15.4. The van der Waals surface area contributed by atoms with Crippen molar-refractivity contribution in [3.8, 4) is 0 Å². The van der Waals surface area contributed by atoms with Crippen molar-refractivity contribution < 1.29 is 9.53 Å². The van der Waals surface area contributed by atoms with Gasteiger partial charge < -0.3 is 20.3 Å². The minimum absolute atomic E-state index is 0. The van der Waals surface area contributed by atoms with Gasteiger partial charge in [-0.25, -0.2) is 4.99 Å². The molecule has 1 fully saturated rings. The summed E-state index contributed by atoms with van der Waals surface area (Å²) in [6.07, 6.45) is 3.52. The fourth-order valence-corrected chi connectivity index (χ4v) is 3.14. The molecule has 0 bridgehead atoms. The Morgan fingerprint density at radius 1 is 1.13 bits per heavy atom. The predicted molar refractivity (Wildman–Crippen MR) is 133 cm³/mol. The maximum Gasteiger partial charge on any atom is 0.241 e. The molecule has 170 valence electrons. The minimum atomic E-state index is 0. The molecule has 1 aromatic rings. The van der Waals surface area contributed by atoms with Gasteiger partial charge in [-0.15, -0.1) is 24.0 Å². The molecule has 7 nitrogen and oxygen atoms in total. The molecule has 0 unspecified atom stereocenters. The number of ether oxygens (including phenoxy) is 1. The lowest BCUT2D eigenvalue weighted by molar-refractivity contribution is -0.127. The molecule has 0 saturated carbocycles. The number of halogens is 1. The number of rotatable bonds is 11. The fourth-order valence-electron chi connectivity index (χ4n) is 3.14. The van der Waals surface area contributed by atoms with Crippen LogP contribution in [0.2, 0.25) is 0 Å². The molecule has 8 heteroatoms. The van der Waals surface area contributed by atoms with Crippen molar-refractivity contribution in [3.63, 3.8) is 0 Å². The van der Waals surface area contributed by atoms with E-state index in [1.807, 2.05) is 6.92 Å². The van der Waals surface area contributed by atoms with Crippen LogP contribution in [0.5, 0.6) is 0 Å². The topological polar surface area (TPSA) is 69.2 Å². The largest absolute Gasteiger partial charge is 0.382 e. The van der Waals surface area contributed by atoms with E-state index >= 15 is 0 Å². The van der Waals surface area contributed by atoms with Crippen LogP contribution in [0.3, 0.4) is 0 Å². The lowest BCUT2D eigenvalue weighted by atomic mass is 10.1. The van der Waals surface area contributed by atoms with E-state index in [0.717, 1.165) is 31.7 Å². The van der Waals surface area contributed by atoms with E-state index in [2.05, 4.69) is 44.8 Å². The summed E-state index contributed by atoms with van der Waals surface area (Å²) >= 11 is 0. The number of carbonyl (C=O) groups excluding carboxylic acids is 1. The number of amides is 1. The minimum Gasteiger partial charge on any atom is -0.382 e. The average molecular weight is 531 g/mol. The van der Waals surface area contributed by atoms with E-state index in [1.54, 1.807) is 19.0 Å². The molecular formula is C22H38IN5O2. The number of hydrogen-bond acceptors (Lipinski definition) is 4. The normalized spacial score (nSPS) is 14.3. The van der Waals surface area contributed by atoms with Crippen molar-refractivity contribution in [3.05, 3.63) is 35.4 Å². The van der Waals surface area contributed by atoms with Crippen LogP contribution < -0.4 is 10.6 Å². The molecule has 1 aliphatic rings. The Balaban J connectivity index is 0.00000450. The van der Waals surface area contributed by atoms with Gasteiger partial charge in [-0.3, -0.25) is 9.69 Å². The Hall–Kier alpha value is -1.39. The quantitative estimate of drug-likeness (QED) is 0.199. The SMILES string of the molecule is CCOCCCNC(=NCc1ccc(CN2CCCC2)cc1)NCC(=O)N(C)C.I. The van der Waals surface area contributed by atoms with Gasteiger partial charge in [0.1, 0.15) is 0 Å². The number of aliphatic imine (C=N–C) groups is 1. The van der Waals surface area contributed by atoms with Gasteiger partial charge in [0.2, 0.25) is 5.91 Å². The standard InChI is InChI=1S/C22H37N5O2.HI/c1-4-29-15-7-12-23-22(25-17-21(28)26(2)3)24-16-19-8-10-20(11-9-19)18-27-13-5-6-14-27;/h8-11H,4-7,12-18H2,1-3H3,(H2,23,24,25);1H. The summed E-state index contributed by atoms with van der Waals surface area (Å²) in [4.78, 5) is 20.6. The number of nitrogens with one attached hydrogen (secondary N) is 2. The highest BCUT2D eigenvalue weighted by molar-refractivity contribution is 14.0. The van der Waals surface area contributed by atoms with Crippen LogP contribution in [0.15, 0.2) is 29.3 Å². The summed E-state index contributed by atoms with van der Waals surface area (Å²) in [5, 5.41) is 6.41. The second-order valence-corrected chi connectivity index (χ2v) is 7.58. The number of guanidine groups is 1. The van der Waals surface area contributed by atoms with E-state index in [0.29, 0.717) is 19.1 Å². The van der Waals surface area contributed by atoms with Crippen LogP contribution in [0, 0.1) is 0 Å². The average Bonchev–Trinajstić information content (AvgIpc) is 3.23. The van der Waals surface area contributed by atoms with Crippen molar-refractivity contribution in [2.75, 3.05) is 53.5 Å². The van der Waals surface area contributed by atoms with Gasteiger partial charge in [-0.1, -0.05) is 24.3 Å². The van der Waals surface area contributed by atoms with Crippen LogP contribution in [0.4, 0.5) is 0 Å². The smallest absolute Gasteiger partial charge is 0.241 e. The Bertz CT molecular complexity index is 631. The van der Waals surface area contributed by atoms with E-state index in [-0.39, 0.29) is 36.4 Å². The molecule has 2 rings (SSSR count). The first-order valence-electron chi connectivity index (χ1n) is 10.7. The van der Waals surface area contributed by atoms with E-state index in [4.69, 9.17) is 4.74 Å². The summed E-state index contributed by atoms with van der Waals surface area (Å²) in [6.45, 7) is 8.42. The van der Waals surface area contributed by atoms with Crippen LogP contribution in [-0.2, 0) is 22.6 Å². The molecule has 0 aliphatic carbocycles. The Labute approximate surface area is 198 Å². The summed E-state index contributed by atoms with van der Waals surface area (Å²) in [5.41, 5.74) is 2.51. The molecule has 1 saturated heterocycles. The first-order chi connectivity index (χ1) is 14.1. The van der Waals surface area contributed by atoms with Crippen LogP contribution in [-0.4, -0.2) is 75.2 Å². The zero-order valence-electron chi connectivity index (χ0n) is 18.7. The molecule has 30 heavy (non-hydrogen) atoms. The number of carbonyl (C=O) groups is 1. The monoisotopic (exact) mass is 531 g/mol. The third kappa shape index (κ3) is 10.6. The Kier molecular flexibility index (Phi) is 13.7. The predicted octanol–water partition coefficient (Wildman–Crippen LogP) is 2.45. The number of benzene rings is 1. The molecule has 1 amide bonds. The summed E-state index contributed by atoms with van der Waals surface area (Å²) in [7, 11) is 3.50. The van der Waals surface area contributed by atoms with E-state index in [1.165, 1.54) is 31.5 Å². The van der Waals surface area contributed by atoms with E-state index < -0.39 is 0 Å². The van der Waals surface area contributed by atoms with Gasteiger partial charge in [0.25, 0.3) is 0 Å². The lowest BCUT2D eigenvalue weighted by Crippen LogP contribution is -2.43. The molecule has 0 atom stereocenters. The van der Waals surface area contributed by atoms with Gasteiger partial charge in [-0.2, -0.15) is 0 Å². The molecular weight excluding hydrogens is 493 g/mol. The maximum atomic E-state index is 11.9. The molecule has 0 spiro atoms. The van der Waals surface area contributed by atoms with Gasteiger partial charge in [-0.05, 0) is 50.4 Å². The highest BCUT2D eigenvalue weighted by atomic mass is 127. The highest BCUT2D eigenvalue weighted by Gasteiger charge is 2.11. The summed E-state index contributed by atoms with van der Waals surface area (Å²) in [5.74, 6) is 0.665. The van der Waals surface area contributed by atoms with Crippen LogP contribution in [0.1, 0.15) is 37.3 Å². The maximum absolute atomic E-state index is 11.9. The van der Waals surface area contributed by atoms with Crippen LogP contribution >= 0.6 is 24.0 Å². The molecule has 2 N–H and O–H groups in total. The zero-order chi connectivity index (χ0) is 20.9. The number of nitrogens with zero attached hydrogens (tertiary/aromatic N) is 3. The molecule has 0 radical (unpaired) electrons. The number of likely N-dealkylation sites (tertiary alicyclic amines) is 1. The third-order valence-corrected chi connectivity index (χ3v) is 4.92. The Morgan fingerprint density at radius 3 is 2.43 bits per heavy atom. The van der Waals surface area contributed by atoms with Gasteiger partial charge in [0.05, 0.1) is 13.1 Å². The number of likely N-dealkylation sites (N-methyl/N-ethyl adjacent to an activating group) is 1. The molecule has 0 aromatic heterocycles. The molecule has 1 aromatic carbocycles. The van der Waals surface area contributed by atoms with Crippen molar-refractivity contribution >= 4 is 35.8 Å². The second-order valence-electron chi connectivity index (χ2n) is 7.58. The Morgan fingerprint density at radius 2 is 1.80 bits per heavy atom.